The molecule has 102 valence electrons. The van der Waals surface area contributed by atoms with Crippen molar-refractivity contribution >= 4 is 28.9 Å². The number of anilines is 1. The second-order valence-corrected chi connectivity index (χ2v) is 5.01. The Kier molecular flexibility index (Phi) is 4.50. The zero-order valence-electron chi connectivity index (χ0n) is 10.9. The van der Waals surface area contributed by atoms with Crippen molar-refractivity contribution in [3.8, 4) is 0 Å². The van der Waals surface area contributed by atoms with Crippen molar-refractivity contribution in [3.63, 3.8) is 0 Å². The van der Waals surface area contributed by atoms with E-state index < -0.39 is 6.04 Å². The van der Waals surface area contributed by atoms with Gasteiger partial charge in [-0.25, -0.2) is 0 Å². The van der Waals surface area contributed by atoms with Crippen LogP contribution in [0.4, 0.5) is 5.69 Å². The SMILES string of the molecule is CCCCc1ccc(N2C(=O)C(CO)NC2=S)cc1. The second-order valence-electron chi connectivity index (χ2n) is 4.63. The number of hydrogen-bond donors (Lipinski definition) is 2. The molecule has 1 saturated heterocycles. The van der Waals surface area contributed by atoms with E-state index in [4.69, 9.17) is 17.3 Å². The Bertz CT molecular complexity index is 473. The molecule has 1 aliphatic rings. The van der Waals surface area contributed by atoms with Crippen LogP contribution in [0.25, 0.3) is 0 Å². The van der Waals surface area contributed by atoms with Crippen molar-refractivity contribution in [3.05, 3.63) is 29.8 Å². The summed E-state index contributed by atoms with van der Waals surface area (Å²) in [7, 11) is 0. The van der Waals surface area contributed by atoms with Crippen LogP contribution in [0.1, 0.15) is 25.3 Å². The third kappa shape index (κ3) is 2.93. The zero-order chi connectivity index (χ0) is 13.8. The number of carbonyl (C=O) groups is 1. The first-order valence-electron chi connectivity index (χ1n) is 6.51. The molecule has 0 aliphatic carbocycles. The summed E-state index contributed by atoms with van der Waals surface area (Å²) < 4.78 is 0. The molecule has 1 unspecified atom stereocenters. The van der Waals surface area contributed by atoms with Crippen molar-refractivity contribution in [2.45, 2.75) is 32.2 Å². The molecule has 19 heavy (non-hydrogen) atoms. The largest absolute Gasteiger partial charge is 0.394 e. The molecule has 1 fully saturated rings. The minimum Gasteiger partial charge on any atom is -0.394 e. The van der Waals surface area contributed by atoms with Crippen molar-refractivity contribution < 1.29 is 9.90 Å². The Balaban J connectivity index is 2.13. The number of amides is 1. The van der Waals surface area contributed by atoms with Crippen LogP contribution in [0.2, 0.25) is 0 Å². The molecule has 2 N–H and O–H groups in total. The van der Waals surface area contributed by atoms with Gasteiger partial charge in [0, 0.05) is 0 Å². The van der Waals surface area contributed by atoms with Crippen LogP contribution < -0.4 is 10.2 Å². The monoisotopic (exact) mass is 278 g/mol. The molecule has 1 heterocycles. The number of aliphatic hydroxyl groups is 1. The Morgan fingerprint density at radius 3 is 2.58 bits per heavy atom. The summed E-state index contributed by atoms with van der Waals surface area (Å²) in [5, 5.41) is 12.3. The van der Waals surface area contributed by atoms with E-state index in [0.29, 0.717) is 5.11 Å². The molecule has 1 amide bonds. The van der Waals surface area contributed by atoms with Crippen LogP contribution in [0, 0.1) is 0 Å². The number of nitrogens with zero attached hydrogens (tertiary/aromatic N) is 1. The van der Waals surface area contributed by atoms with Gasteiger partial charge in [0.15, 0.2) is 5.11 Å². The molecule has 4 nitrogen and oxygen atoms in total. The number of rotatable bonds is 5. The van der Waals surface area contributed by atoms with E-state index in [1.54, 1.807) is 0 Å². The van der Waals surface area contributed by atoms with Crippen molar-refractivity contribution in [2.75, 3.05) is 11.5 Å². The predicted molar refractivity (Wildman–Crippen MR) is 79.1 cm³/mol. The molecule has 0 spiro atoms. The van der Waals surface area contributed by atoms with E-state index in [2.05, 4.69) is 12.2 Å². The number of aryl methyl sites for hydroxylation is 1. The first-order chi connectivity index (χ1) is 9.17. The topological polar surface area (TPSA) is 52.6 Å². The summed E-state index contributed by atoms with van der Waals surface area (Å²) >= 11 is 5.13. The van der Waals surface area contributed by atoms with Gasteiger partial charge in [-0.2, -0.15) is 0 Å². The summed E-state index contributed by atoms with van der Waals surface area (Å²) in [4.78, 5) is 13.5. The molecule has 2 rings (SSSR count). The molecule has 5 heteroatoms. The summed E-state index contributed by atoms with van der Waals surface area (Å²) in [6.07, 6.45) is 3.37. The fourth-order valence-electron chi connectivity index (χ4n) is 2.09. The van der Waals surface area contributed by atoms with E-state index in [1.165, 1.54) is 16.9 Å². The molecular formula is C14H18N2O2S. The minimum atomic E-state index is -0.618. The molecule has 0 bridgehead atoms. The van der Waals surface area contributed by atoms with Crippen molar-refractivity contribution in [1.82, 2.24) is 5.32 Å². The molecule has 1 aliphatic heterocycles. The third-order valence-electron chi connectivity index (χ3n) is 3.22. The van der Waals surface area contributed by atoms with Gasteiger partial charge in [0.25, 0.3) is 5.91 Å². The molecule has 0 saturated carbocycles. The lowest BCUT2D eigenvalue weighted by molar-refractivity contribution is -0.119. The maximum Gasteiger partial charge on any atom is 0.258 e. The van der Waals surface area contributed by atoms with Gasteiger partial charge in [0.05, 0.1) is 12.3 Å². The smallest absolute Gasteiger partial charge is 0.258 e. The fraction of sp³-hybridized carbons (Fsp3) is 0.429. The lowest BCUT2D eigenvalue weighted by Gasteiger charge is -2.15. The lowest BCUT2D eigenvalue weighted by Crippen LogP contribution is -2.33. The summed E-state index contributed by atoms with van der Waals surface area (Å²) in [6.45, 7) is 1.92. The van der Waals surface area contributed by atoms with Crippen LogP contribution in [0.15, 0.2) is 24.3 Å². The highest BCUT2D eigenvalue weighted by Gasteiger charge is 2.35. The van der Waals surface area contributed by atoms with E-state index in [0.717, 1.165) is 18.5 Å². The first kappa shape index (κ1) is 14.0. The number of unbranched alkanes of at least 4 members (excludes halogenated alkanes) is 1. The van der Waals surface area contributed by atoms with E-state index in [-0.39, 0.29) is 12.5 Å². The van der Waals surface area contributed by atoms with E-state index in [9.17, 15) is 4.79 Å². The molecule has 0 aromatic heterocycles. The maximum atomic E-state index is 12.0. The molecule has 1 aromatic carbocycles. The van der Waals surface area contributed by atoms with Crippen LogP contribution in [-0.4, -0.2) is 28.8 Å². The van der Waals surface area contributed by atoms with E-state index >= 15 is 0 Å². The van der Waals surface area contributed by atoms with Crippen LogP contribution in [-0.2, 0) is 11.2 Å². The highest BCUT2D eigenvalue weighted by Crippen LogP contribution is 2.20. The maximum absolute atomic E-state index is 12.0. The number of thiocarbonyl (C=S) groups is 1. The Hall–Kier alpha value is -1.46. The highest BCUT2D eigenvalue weighted by molar-refractivity contribution is 7.80. The predicted octanol–water partition coefficient (Wildman–Crippen LogP) is 1.61. The van der Waals surface area contributed by atoms with Gasteiger partial charge in [-0.05, 0) is 42.8 Å². The number of nitrogens with one attached hydrogen (secondary N) is 1. The Labute approximate surface area is 118 Å². The minimum absolute atomic E-state index is 0.200. The number of benzene rings is 1. The van der Waals surface area contributed by atoms with Gasteiger partial charge in [0.1, 0.15) is 6.04 Å². The van der Waals surface area contributed by atoms with Gasteiger partial charge < -0.3 is 10.4 Å². The summed E-state index contributed by atoms with van der Waals surface area (Å²) in [5.74, 6) is -0.200. The Morgan fingerprint density at radius 2 is 2.05 bits per heavy atom. The van der Waals surface area contributed by atoms with E-state index in [1.807, 2.05) is 24.3 Å². The summed E-state index contributed by atoms with van der Waals surface area (Å²) in [6, 6.07) is 7.22. The van der Waals surface area contributed by atoms with Crippen LogP contribution in [0.5, 0.6) is 0 Å². The lowest BCUT2D eigenvalue weighted by atomic mass is 10.1. The van der Waals surface area contributed by atoms with Crippen LogP contribution >= 0.6 is 12.2 Å². The van der Waals surface area contributed by atoms with Gasteiger partial charge in [-0.1, -0.05) is 25.5 Å². The standard InChI is InChI=1S/C14H18N2O2S/c1-2-3-4-10-5-7-11(8-6-10)16-13(18)12(9-17)15-14(16)19/h5-8,12,17H,2-4,9H2,1H3,(H,15,19). The molecule has 1 atom stereocenters. The van der Waals surface area contributed by atoms with Gasteiger partial charge in [0.2, 0.25) is 0 Å². The van der Waals surface area contributed by atoms with Crippen molar-refractivity contribution in [1.29, 1.82) is 0 Å². The van der Waals surface area contributed by atoms with Gasteiger partial charge >= 0.3 is 0 Å². The Morgan fingerprint density at radius 1 is 1.37 bits per heavy atom. The molecule has 0 radical (unpaired) electrons. The second kappa shape index (κ2) is 6.12. The quantitative estimate of drug-likeness (QED) is 0.804. The summed E-state index contributed by atoms with van der Waals surface area (Å²) in [5.41, 5.74) is 2.01. The average molecular weight is 278 g/mol. The van der Waals surface area contributed by atoms with Gasteiger partial charge in [-0.3, -0.25) is 9.69 Å². The highest BCUT2D eigenvalue weighted by atomic mass is 32.1. The zero-order valence-corrected chi connectivity index (χ0v) is 11.7. The normalized spacial score (nSPS) is 18.8. The fourth-order valence-corrected chi connectivity index (χ4v) is 2.43. The number of aliphatic hydroxyl groups excluding tert-OH is 1. The number of hydrogen-bond acceptors (Lipinski definition) is 3. The average Bonchev–Trinajstić information content (AvgIpc) is 2.72. The first-order valence-corrected chi connectivity index (χ1v) is 6.92. The van der Waals surface area contributed by atoms with Crippen molar-refractivity contribution in [2.24, 2.45) is 0 Å². The van der Waals surface area contributed by atoms with Crippen LogP contribution in [0.3, 0.4) is 0 Å². The van der Waals surface area contributed by atoms with Gasteiger partial charge in [-0.15, -0.1) is 0 Å². The molecular weight excluding hydrogens is 260 g/mol. The number of carbonyl (C=O) groups excluding carboxylic acids is 1. The molecule has 1 aromatic rings. The third-order valence-corrected chi connectivity index (χ3v) is 3.52.